The summed E-state index contributed by atoms with van der Waals surface area (Å²) < 4.78 is 15.6. The third-order valence-corrected chi connectivity index (χ3v) is 3.22. The van der Waals surface area contributed by atoms with E-state index in [1.165, 1.54) is 13.3 Å². The van der Waals surface area contributed by atoms with Gasteiger partial charge in [-0.25, -0.2) is 4.79 Å². The van der Waals surface area contributed by atoms with Crippen molar-refractivity contribution >= 4 is 11.7 Å². The van der Waals surface area contributed by atoms with Gasteiger partial charge in [-0.2, -0.15) is 5.26 Å². The predicted molar refractivity (Wildman–Crippen MR) is 80.2 cm³/mol. The Hall–Kier alpha value is -2.52. The number of nitrogens with zero attached hydrogens (tertiary/aromatic N) is 1. The molecule has 1 unspecified atom stereocenters. The van der Waals surface area contributed by atoms with Gasteiger partial charge in [0.15, 0.2) is 5.57 Å². The lowest BCUT2D eigenvalue weighted by atomic mass is 10.2. The van der Waals surface area contributed by atoms with Crippen molar-refractivity contribution in [2.75, 3.05) is 25.6 Å². The zero-order valence-electron chi connectivity index (χ0n) is 12.4. The average Bonchev–Trinajstić information content (AvgIpc) is 3.07. The minimum absolute atomic E-state index is 0.0961. The van der Waals surface area contributed by atoms with Crippen LogP contribution in [0.4, 0.5) is 5.69 Å². The van der Waals surface area contributed by atoms with E-state index in [2.05, 4.69) is 10.1 Å². The van der Waals surface area contributed by atoms with Gasteiger partial charge in [-0.1, -0.05) is 0 Å². The van der Waals surface area contributed by atoms with Crippen molar-refractivity contribution in [3.8, 4) is 11.8 Å². The number of anilines is 1. The Balaban J connectivity index is 1.87. The first-order valence-corrected chi connectivity index (χ1v) is 7.02. The summed E-state index contributed by atoms with van der Waals surface area (Å²) >= 11 is 0. The molecule has 1 fully saturated rings. The molecule has 1 atom stereocenters. The molecule has 6 heteroatoms. The Bertz CT molecular complexity index is 569. The van der Waals surface area contributed by atoms with Crippen LogP contribution in [0.3, 0.4) is 0 Å². The number of ether oxygens (including phenoxy) is 3. The Labute approximate surface area is 129 Å². The van der Waals surface area contributed by atoms with Gasteiger partial charge in [0.1, 0.15) is 18.4 Å². The molecule has 0 radical (unpaired) electrons. The van der Waals surface area contributed by atoms with Gasteiger partial charge >= 0.3 is 5.97 Å². The maximum Gasteiger partial charge on any atom is 0.350 e. The molecule has 2 rings (SSSR count). The molecule has 0 spiro atoms. The molecule has 1 aliphatic heterocycles. The van der Waals surface area contributed by atoms with Crippen LogP contribution in [0.5, 0.6) is 5.75 Å². The highest BCUT2D eigenvalue weighted by atomic mass is 16.5. The van der Waals surface area contributed by atoms with E-state index in [4.69, 9.17) is 14.7 Å². The number of rotatable bonds is 6. The van der Waals surface area contributed by atoms with E-state index in [9.17, 15) is 4.79 Å². The van der Waals surface area contributed by atoms with Crippen molar-refractivity contribution in [1.82, 2.24) is 0 Å². The van der Waals surface area contributed by atoms with Crippen LogP contribution in [0, 0.1) is 11.3 Å². The van der Waals surface area contributed by atoms with Crippen LogP contribution < -0.4 is 10.1 Å². The molecule has 116 valence electrons. The van der Waals surface area contributed by atoms with Crippen molar-refractivity contribution in [3.63, 3.8) is 0 Å². The number of carbonyl (C=O) groups is 1. The van der Waals surface area contributed by atoms with Crippen molar-refractivity contribution in [3.05, 3.63) is 36.0 Å². The second-order valence-corrected chi connectivity index (χ2v) is 4.78. The zero-order chi connectivity index (χ0) is 15.8. The summed E-state index contributed by atoms with van der Waals surface area (Å²) in [5, 5.41) is 11.7. The lowest BCUT2D eigenvalue weighted by Crippen LogP contribution is -2.16. The number of benzene rings is 1. The monoisotopic (exact) mass is 302 g/mol. The molecule has 22 heavy (non-hydrogen) atoms. The standard InChI is InChI=1S/C16H18N2O4/c1-20-16(19)12(9-17)10-18-13-4-6-14(7-5-13)22-11-15-3-2-8-21-15/h4-7,10,15,18H,2-3,8,11H2,1H3/b12-10-. The molecule has 1 aromatic rings. The van der Waals surface area contributed by atoms with Crippen molar-refractivity contribution < 1.29 is 19.0 Å². The number of hydrogen-bond acceptors (Lipinski definition) is 6. The van der Waals surface area contributed by atoms with E-state index < -0.39 is 5.97 Å². The summed E-state index contributed by atoms with van der Waals surface area (Å²) in [4.78, 5) is 11.2. The lowest BCUT2D eigenvalue weighted by Gasteiger charge is -2.11. The van der Waals surface area contributed by atoms with Gasteiger partial charge in [-0.15, -0.1) is 0 Å². The summed E-state index contributed by atoms with van der Waals surface area (Å²) in [6.45, 7) is 1.36. The van der Waals surface area contributed by atoms with Gasteiger partial charge in [-0.05, 0) is 37.1 Å². The number of nitriles is 1. The Kier molecular flexibility index (Phi) is 5.81. The molecule has 0 aliphatic carbocycles. The summed E-state index contributed by atoms with van der Waals surface area (Å²) in [5.74, 6) is 0.0741. The third kappa shape index (κ3) is 4.50. The maximum absolute atomic E-state index is 11.2. The topological polar surface area (TPSA) is 80.6 Å². The molecule has 6 nitrogen and oxygen atoms in total. The van der Waals surface area contributed by atoms with Crippen LogP contribution >= 0.6 is 0 Å². The number of hydrogen-bond donors (Lipinski definition) is 1. The minimum atomic E-state index is -0.675. The summed E-state index contributed by atoms with van der Waals surface area (Å²) in [6.07, 6.45) is 3.62. The van der Waals surface area contributed by atoms with E-state index in [0.717, 1.165) is 30.9 Å². The average molecular weight is 302 g/mol. The molecular formula is C16H18N2O4. The van der Waals surface area contributed by atoms with Gasteiger partial charge in [0, 0.05) is 18.5 Å². The third-order valence-electron chi connectivity index (χ3n) is 3.22. The minimum Gasteiger partial charge on any atom is -0.491 e. The molecule has 1 saturated heterocycles. The number of methoxy groups -OCH3 is 1. The fraction of sp³-hybridized carbons (Fsp3) is 0.375. The number of nitrogens with one attached hydrogen (secondary N) is 1. The van der Waals surface area contributed by atoms with Gasteiger partial charge in [0.2, 0.25) is 0 Å². The zero-order valence-corrected chi connectivity index (χ0v) is 12.4. The first-order chi connectivity index (χ1) is 10.7. The number of esters is 1. The van der Waals surface area contributed by atoms with Crippen molar-refractivity contribution in [2.45, 2.75) is 18.9 Å². The maximum atomic E-state index is 11.2. The fourth-order valence-corrected chi connectivity index (χ4v) is 2.01. The molecule has 0 bridgehead atoms. The highest BCUT2D eigenvalue weighted by Gasteiger charge is 2.15. The quantitative estimate of drug-likeness (QED) is 0.493. The van der Waals surface area contributed by atoms with Crippen LogP contribution in [-0.2, 0) is 14.3 Å². The fourth-order valence-electron chi connectivity index (χ4n) is 2.01. The van der Waals surface area contributed by atoms with E-state index in [1.807, 2.05) is 12.1 Å². The van der Waals surface area contributed by atoms with E-state index >= 15 is 0 Å². The molecule has 1 aromatic carbocycles. The first-order valence-electron chi connectivity index (χ1n) is 7.02. The van der Waals surface area contributed by atoms with Crippen LogP contribution in [0.2, 0.25) is 0 Å². The highest BCUT2D eigenvalue weighted by molar-refractivity contribution is 5.92. The molecule has 0 aromatic heterocycles. The van der Waals surface area contributed by atoms with E-state index in [-0.39, 0.29) is 11.7 Å². The molecule has 1 heterocycles. The van der Waals surface area contributed by atoms with Crippen LogP contribution in [-0.4, -0.2) is 32.4 Å². The number of carbonyl (C=O) groups excluding carboxylic acids is 1. The largest absolute Gasteiger partial charge is 0.491 e. The lowest BCUT2D eigenvalue weighted by molar-refractivity contribution is -0.135. The normalized spacial score (nSPS) is 17.6. The van der Waals surface area contributed by atoms with Gasteiger partial charge in [0.05, 0.1) is 13.2 Å². The highest BCUT2D eigenvalue weighted by Crippen LogP contribution is 2.18. The second kappa shape index (κ2) is 8.05. The first kappa shape index (κ1) is 15.9. The molecule has 1 N–H and O–H groups in total. The Morgan fingerprint density at radius 1 is 1.50 bits per heavy atom. The Morgan fingerprint density at radius 3 is 2.86 bits per heavy atom. The van der Waals surface area contributed by atoms with Crippen molar-refractivity contribution in [1.29, 1.82) is 5.26 Å². The smallest absolute Gasteiger partial charge is 0.350 e. The van der Waals surface area contributed by atoms with Crippen molar-refractivity contribution in [2.24, 2.45) is 0 Å². The summed E-state index contributed by atoms with van der Waals surface area (Å²) in [6, 6.07) is 9.00. The SMILES string of the molecule is COC(=O)/C(C#N)=C\Nc1ccc(OCC2CCCO2)cc1. The molecular weight excluding hydrogens is 284 g/mol. The predicted octanol–water partition coefficient (Wildman–Crippen LogP) is 2.24. The van der Waals surface area contributed by atoms with Crippen LogP contribution in [0.25, 0.3) is 0 Å². The summed E-state index contributed by atoms with van der Waals surface area (Å²) in [7, 11) is 1.23. The molecule has 0 saturated carbocycles. The Morgan fingerprint density at radius 2 is 2.27 bits per heavy atom. The van der Waals surface area contributed by atoms with Crippen LogP contribution in [0.15, 0.2) is 36.0 Å². The van der Waals surface area contributed by atoms with Gasteiger partial charge < -0.3 is 19.5 Å². The van der Waals surface area contributed by atoms with Gasteiger partial charge in [-0.3, -0.25) is 0 Å². The second-order valence-electron chi connectivity index (χ2n) is 4.78. The van der Waals surface area contributed by atoms with E-state index in [1.54, 1.807) is 18.2 Å². The molecule has 0 amide bonds. The molecule has 1 aliphatic rings. The van der Waals surface area contributed by atoms with E-state index in [0.29, 0.717) is 6.61 Å². The van der Waals surface area contributed by atoms with Crippen LogP contribution in [0.1, 0.15) is 12.8 Å². The van der Waals surface area contributed by atoms with Gasteiger partial charge in [0.25, 0.3) is 0 Å². The summed E-state index contributed by atoms with van der Waals surface area (Å²) in [5.41, 5.74) is 0.641.